The number of hydrogen-bond acceptors (Lipinski definition) is 3. The molecule has 0 aliphatic carbocycles. The molecule has 0 bridgehead atoms. The van der Waals surface area contributed by atoms with Crippen LogP contribution < -0.4 is 5.32 Å². The monoisotopic (exact) mass is 248 g/mol. The Labute approximate surface area is 105 Å². The van der Waals surface area contributed by atoms with Crippen LogP contribution in [0.3, 0.4) is 0 Å². The summed E-state index contributed by atoms with van der Waals surface area (Å²) in [5, 5.41) is 3.26. The summed E-state index contributed by atoms with van der Waals surface area (Å²) in [5.74, 6) is 0.615. The Morgan fingerprint density at radius 1 is 1.41 bits per heavy atom. The fraction of sp³-hybridized carbons (Fsp3) is 0.385. The topological polar surface area (TPSA) is 42.0 Å². The van der Waals surface area contributed by atoms with Gasteiger partial charge < -0.3 is 5.32 Å². The molecule has 1 aromatic heterocycles. The van der Waals surface area contributed by atoms with Gasteiger partial charge in [0.25, 0.3) is 0 Å². The van der Waals surface area contributed by atoms with E-state index in [1.165, 1.54) is 16.9 Å². The molecule has 4 heteroatoms. The van der Waals surface area contributed by atoms with Crippen LogP contribution in [0.4, 0.5) is 5.13 Å². The number of hydrogen-bond donors (Lipinski definition) is 1. The lowest BCUT2D eigenvalue weighted by Crippen LogP contribution is -1.94. The van der Waals surface area contributed by atoms with Gasteiger partial charge in [-0.05, 0) is 36.5 Å². The van der Waals surface area contributed by atoms with Crippen LogP contribution in [0.25, 0.3) is 10.2 Å². The van der Waals surface area contributed by atoms with Crippen LogP contribution in [0.2, 0.25) is 0 Å². The van der Waals surface area contributed by atoms with E-state index in [4.69, 9.17) is 0 Å². The summed E-state index contributed by atoms with van der Waals surface area (Å²) < 4.78 is 1.14. The average molecular weight is 248 g/mol. The molecule has 0 saturated carbocycles. The minimum Gasteiger partial charge on any atom is -0.305 e. The number of anilines is 1. The van der Waals surface area contributed by atoms with E-state index < -0.39 is 0 Å². The van der Waals surface area contributed by atoms with Gasteiger partial charge in [0.2, 0.25) is 6.41 Å². The lowest BCUT2D eigenvalue weighted by atomic mass is 9.94. The second-order valence-electron chi connectivity index (χ2n) is 4.02. The van der Waals surface area contributed by atoms with Crippen molar-refractivity contribution in [3.8, 4) is 0 Å². The number of nitrogens with zero attached hydrogens (tertiary/aromatic N) is 1. The molecule has 3 nitrogen and oxygen atoms in total. The zero-order valence-corrected chi connectivity index (χ0v) is 10.9. The molecule has 17 heavy (non-hydrogen) atoms. The molecule has 90 valence electrons. The average Bonchev–Trinajstić information content (AvgIpc) is 2.73. The first-order valence-corrected chi connectivity index (χ1v) is 6.70. The van der Waals surface area contributed by atoms with Crippen molar-refractivity contribution in [2.75, 3.05) is 5.32 Å². The van der Waals surface area contributed by atoms with E-state index in [2.05, 4.69) is 36.3 Å². The van der Waals surface area contributed by atoms with Gasteiger partial charge in [-0.25, -0.2) is 4.98 Å². The van der Waals surface area contributed by atoms with E-state index in [1.54, 1.807) is 0 Å². The lowest BCUT2D eigenvalue weighted by molar-refractivity contribution is -0.105. The third-order valence-electron chi connectivity index (χ3n) is 3.05. The predicted molar refractivity (Wildman–Crippen MR) is 72.6 cm³/mol. The molecule has 2 rings (SSSR count). The minimum absolute atomic E-state index is 0.615. The minimum atomic E-state index is 0.615. The van der Waals surface area contributed by atoms with Crippen LogP contribution in [-0.2, 0) is 4.79 Å². The van der Waals surface area contributed by atoms with E-state index in [0.29, 0.717) is 17.5 Å². The zero-order valence-electron chi connectivity index (χ0n) is 10.1. The van der Waals surface area contributed by atoms with Gasteiger partial charge in [-0.1, -0.05) is 31.3 Å². The molecule has 0 aliphatic heterocycles. The van der Waals surface area contributed by atoms with Crippen molar-refractivity contribution < 1.29 is 4.79 Å². The summed E-state index contributed by atoms with van der Waals surface area (Å²) in [7, 11) is 0. The molecule has 1 aromatic carbocycles. The first kappa shape index (κ1) is 12.0. The Morgan fingerprint density at radius 3 is 2.82 bits per heavy atom. The quantitative estimate of drug-likeness (QED) is 0.818. The number of carbonyl (C=O) groups excluding carboxylic acids is 1. The van der Waals surface area contributed by atoms with Crippen molar-refractivity contribution in [3.05, 3.63) is 23.8 Å². The molecule has 0 aliphatic rings. The molecule has 0 radical (unpaired) electrons. The predicted octanol–water partition coefficient (Wildman–Crippen LogP) is 3.77. The number of carbonyl (C=O) groups is 1. The second kappa shape index (κ2) is 5.27. The number of fused-ring (bicyclic) bond motifs is 1. The van der Waals surface area contributed by atoms with Crippen molar-refractivity contribution in [1.29, 1.82) is 0 Å². The highest BCUT2D eigenvalue weighted by Crippen LogP contribution is 2.30. The van der Waals surface area contributed by atoms with E-state index in [1.807, 2.05) is 6.07 Å². The van der Waals surface area contributed by atoms with Crippen molar-refractivity contribution in [2.45, 2.75) is 32.6 Å². The Balaban J connectivity index is 2.38. The highest BCUT2D eigenvalue weighted by molar-refractivity contribution is 7.22. The van der Waals surface area contributed by atoms with Crippen LogP contribution in [0.1, 0.15) is 38.2 Å². The van der Waals surface area contributed by atoms with E-state index in [9.17, 15) is 4.79 Å². The highest BCUT2D eigenvalue weighted by atomic mass is 32.1. The molecule has 1 heterocycles. The van der Waals surface area contributed by atoms with Gasteiger partial charge in [-0.2, -0.15) is 0 Å². The molecule has 0 fully saturated rings. The SMILES string of the molecule is CCC(CC)c1ccc2nc(NC=O)sc2c1. The van der Waals surface area contributed by atoms with Crippen LogP contribution >= 0.6 is 11.3 Å². The number of benzene rings is 1. The smallest absolute Gasteiger partial charge is 0.213 e. The number of aromatic nitrogens is 1. The maximum Gasteiger partial charge on any atom is 0.213 e. The van der Waals surface area contributed by atoms with Crippen LogP contribution in [0, 0.1) is 0 Å². The van der Waals surface area contributed by atoms with Gasteiger partial charge in [0.05, 0.1) is 10.2 Å². The normalized spacial score (nSPS) is 11.0. The Kier molecular flexibility index (Phi) is 3.74. The van der Waals surface area contributed by atoms with E-state index in [0.717, 1.165) is 23.1 Å². The molecule has 0 unspecified atom stereocenters. The van der Waals surface area contributed by atoms with Gasteiger partial charge in [-0.15, -0.1) is 0 Å². The highest BCUT2D eigenvalue weighted by Gasteiger charge is 2.09. The Morgan fingerprint density at radius 2 is 2.18 bits per heavy atom. The third-order valence-corrected chi connectivity index (χ3v) is 4.00. The fourth-order valence-corrected chi connectivity index (χ4v) is 2.94. The van der Waals surface area contributed by atoms with Crippen molar-refractivity contribution in [2.24, 2.45) is 0 Å². The first-order chi connectivity index (χ1) is 8.28. The van der Waals surface area contributed by atoms with Crippen LogP contribution in [-0.4, -0.2) is 11.4 Å². The summed E-state index contributed by atoms with van der Waals surface area (Å²) in [6.45, 7) is 4.43. The summed E-state index contributed by atoms with van der Waals surface area (Å²) in [6.07, 6.45) is 2.97. The fourth-order valence-electron chi connectivity index (χ4n) is 2.07. The summed E-state index contributed by atoms with van der Waals surface area (Å²) in [4.78, 5) is 14.7. The maximum atomic E-state index is 10.4. The van der Waals surface area contributed by atoms with Crippen LogP contribution in [0.15, 0.2) is 18.2 Å². The van der Waals surface area contributed by atoms with Crippen molar-refractivity contribution in [1.82, 2.24) is 4.98 Å². The molecule has 0 atom stereocenters. The summed E-state index contributed by atoms with van der Waals surface area (Å²) in [5.41, 5.74) is 2.32. The van der Waals surface area contributed by atoms with Gasteiger partial charge >= 0.3 is 0 Å². The maximum absolute atomic E-state index is 10.4. The number of rotatable bonds is 5. The van der Waals surface area contributed by atoms with Crippen molar-refractivity contribution in [3.63, 3.8) is 0 Å². The summed E-state index contributed by atoms with van der Waals surface area (Å²) >= 11 is 1.52. The summed E-state index contributed by atoms with van der Waals surface area (Å²) in [6, 6.07) is 6.38. The molecular formula is C13H16N2OS. The van der Waals surface area contributed by atoms with Gasteiger partial charge in [0, 0.05) is 0 Å². The first-order valence-electron chi connectivity index (χ1n) is 5.89. The largest absolute Gasteiger partial charge is 0.305 e. The molecule has 0 saturated heterocycles. The number of amides is 1. The van der Waals surface area contributed by atoms with E-state index >= 15 is 0 Å². The zero-order chi connectivity index (χ0) is 12.3. The molecule has 2 aromatic rings. The standard InChI is InChI=1S/C13H16N2OS/c1-3-9(4-2)10-5-6-11-12(7-10)17-13(15-11)14-8-16/h5-9H,3-4H2,1-2H3,(H,14,15,16). The van der Waals surface area contributed by atoms with Gasteiger partial charge in [0.1, 0.15) is 0 Å². The van der Waals surface area contributed by atoms with Crippen molar-refractivity contribution >= 4 is 33.1 Å². The van der Waals surface area contributed by atoms with E-state index in [-0.39, 0.29) is 0 Å². The molecule has 0 spiro atoms. The Hall–Kier alpha value is -1.42. The number of thiazole rings is 1. The number of nitrogens with one attached hydrogen (secondary N) is 1. The lowest BCUT2D eigenvalue weighted by Gasteiger charge is -2.12. The van der Waals surface area contributed by atoms with Crippen LogP contribution in [0.5, 0.6) is 0 Å². The molecule has 1 amide bonds. The third kappa shape index (κ3) is 2.47. The molecule has 1 N–H and O–H groups in total. The van der Waals surface area contributed by atoms with Gasteiger partial charge in [0.15, 0.2) is 5.13 Å². The Bertz CT molecular complexity index is 517. The molecular weight excluding hydrogens is 232 g/mol. The second-order valence-corrected chi connectivity index (χ2v) is 5.05. The van der Waals surface area contributed by atoms with Gasteiger partial charge in [-0.3, -0.25) is 4.79 Å².